The van der Waals surface area contributed by atoms with Crippen molar-refractivity contribution in [1.82, 2.24) is 30.5 Å². The van der Waals surface area contributed by atoms with Crippen molar-refractivity contribution in [3.8, 4) is 11.3 Å². The van der Waals surface area contributed by atoms with Crippen LogP contribution in [0.1, 0.15) is 50.5 Å². The van der Waals surface area contributed by atoms with Crippen LogP contribution in [0.25, 0.3) is 11.3 Å². The molecule has 4 heterocycles. The molecule has 0 spiro atoms. The van der Waals surface area contributed by atoms with Crippen molar-refractivity contribution in [2.24, 2.45) is 13.0 Å². The smallest absolute Gasteiger partial charge is 0.243 e. The Morgan fingerprint density at radius 3 is 2.50 bits per heavy atom. The van der Waals surface area contributed by atoms with Gasteiger partial charge >= 0.3 is 0 Å². The topological polar surface area (TPSA) is 129 Å². The maximum atomic E-state index is 13.9. The van der Waals surface area contributed by atoms with Gasteiger partial charge in [-0.25, -0.2) is 0 Å². The summed E-state index contributed by atoms with van der Waals surface area (Å²) in [7, 11) is 1.90. The summed E-state index contributed by atoms with van der Waals surface area (Å²) in [5, 5.41) is 25.3. The maximum absolute atomic E-state index is 13.9. The first-order valence-corrected chi connectivity index (χ1v) is 14.0. The number of β-amino-alcohol motifs (C(OH)–C–C–N with tert-alkyl or cyclic N) is 1. The van der Waals surface area contributed by atoms with Crippen molar-refractivity contribution in [3.63, 3.8) is 0 Å². The molecule has 40 heavy (non-hydrogen) atoms. The third-order valence-corrected chi connectivity index (χ3v) is 7.95. The molecule has 0 radical (unpaired) electrons. The monoisotopic (exact) mass is 549 g/mol. The molecule has 4 atom stereocenters. The number of carbonyl (C=O) groups is 2. The van der Waals surface area contributed by atoms with Crippen LogP contribution in [0.2, 0.25) is 0 Å². The Morgan fingerprint density at radius 1 is 1.12 bits per heavy atom. The molecule has 2 amide bonds. The van der Waals surface area contributed by atoms with Gasteiger partial charge in [0.15, 0.2) is 11.6 Å². The number of piperazine rings is 1. The molecular formula is C29H39N7O4. The summed E-state index contributed by atoms with van der Waals surface area (Å²) >= 11 is 0. The highest BCUT2D eigenvalue weighted by Crippen LogP contribution is 2.33. The Morgan fingerprint density at radius 2 is 1.85 bits per heavy atom. The second-order valence-corrected chi connectivity index (χ2v) is 11.1. The third kappa shape index (κ3) is 5.75. The molecule has 214 valence electrons. The quantitative estimate of drug-likeness (QED) is 0.390. The molecule has 2 aromatic heterocycles. The van der Waals surface area contributed by atoms with Crippen LogP contribution in [0, 0.1) is 5.92 Å². The van der Waals surface area contributed by atoms with Crippen molar-refractivity contribution in [3.05, 3.63) is 53.9 Å². The first-order chi connectivity index (χ1) is 19.2. The van der Waals surface area contributed by atoms with Gasteiger partial charge < -0.3 is 30.1 Å². The van der Waals surface area contributed by atoms with E-state index >= 15 is 0 Å². The summed E-state index contributed by atoms with van der Waals surface area (Å²) in [6, 6.07) is 10.7. The van der Waals surface area contributed by atoms with Crippen molar-refractivity contribution in [2.45, 2.75) is 51.3 Å². The Bertz CT molecular complexity index is 1310. The Hall–Kier alpha value is -3.70. The first kappa shape index (κ1) is 27.9. The molecule has 0 unspecified atom stereocenters. The lowest BCUT2D eigenvalue weighted by Crippen LogP contribution is -2.48. The molecule has 2 saturated heterocycles. The van der Waals surface area contributed by atoms with E-state index in [-0.39, 0.29) is 36.7 Å². The van der Waals surface area contributed by atoms with Crippen molar-refractivity contribution >= 4 is 17.6 Å². The number of rotatable bonds is 8. The van der Waals surface area contributed by atoms with Gasteiger partial charge in [0.05, 0.1) is 17.8 Å². The minimum atomic E-state index is -0.771. The first-order valence-electron chi connectivity index (χ1n) is 14.0. The lowest BCUT2D eigenvalue weighted by Gasteiger charge is -2.29. The third-order valence-electron chi connectivity index (χ3n) is 7.95. The Kier molecular flexibility index (Phi) is 8.22. The highest BCUT2D eigenvalue weighted by molar-refractivity contribution is 5.91. The number of amides is 2. The normalized spacial score (nSPS) is 21.1. The van der Waals surface area contributed by atoms with Gasteiger partial charge in [-0.1, -0.05) is 43.3 Å². The molecule has 3 N–H and O–H groups in total. The highest BCUT2D eigenvalue weighted by atomic mass is 16.5. The molecule has 0 bridgehead atoms. The number of aromatic nitrogens is 3. The van der Waals surface area contributed by atoms with E-state index in [2.05, 4.69) is 25.8 Å². The number of aryl methyl sites for hydroxylation is 1. The van der Waals surface area contributed by atoms with Gasteiger partial charge in [-0.15, -0.1) is 0 Å². The van der Waals surface area contributed by atoms with E-state index in [4.69, 9.17) is 4.52 Å². The zero-order chi connectivity index (χ0) is 28.4. The standard InChI is InChI=1S/C29H39N7O4/c1-18(2)27(25-16-26(33-40-25)35-13-11-30-12-14-35)29(39)36-17-22(37)15-24(36)28(38)32-19(3)20-5-7-21(8-6-20)23-9-10-31-34(23)4/h5-10,16,18-19,22,24,27,30,37H,11-15,17H2,1-4H3,(H,32,38)/t19-,22+,24-,27+/m0/s1. The van der Waals surface area contributed by atoms with E-state index in [1.165, 1.54) is 4.90 Å². The van der Waals surface area contributed by atoms with Crippen LogP contribution in [-0.2, 0) is 16.6 Å². The Labute approximate surface area is 234 Å². The molecule has 11 nitrogen and oxygen atoms in total. The summed E-state index contributed by atoms with van der Waals surface area (Å²) < 4.78 is 7.49. The highest BCUT2D eigenvalue weighted by Gasteiger charge is 2.43. The number of carbonyl (C=O) groups excluding carboxylic acids is 2. The van der Waals surface area contributed by atoms with E-state index in [1.807, 2.05) is 68.9 Å². The van der Waals surface area contributed by atoms with Crippen LogP contribution in [0.15, 0.2) is 47.1 Å². The fourth-order valence-electron chi connectivity index (χ4n) is 5.68. The van der Waals surface area contributed by atoms with E-state index in [0.29, 0.717) is 11.6 Å². The van der Waals surface area contributed by atoms with E-state index in [1.54, 1.807) is 6.20 Å². The fraction of sp³-hybridized carbons (Fsp3) is 0.517. The maximum Gasteiger partial charge on any atom is 0.243 e. The molecule has 5 rings (SSSR count). The number of anilines is 1. The van der Waals surface area contributed by atoms with Gasteiger partial charge in [-0.2, -0.15) is 5.10 Å². The van der Waals surface area contributed by atoms with Crippen LogP contribution >= 0.6 is 0 Å². The summed E-state index contributed by atoms with van der Waals surface area (Å²) in [5.41, 5.74) is 2.98. The molecular weight excluding hydrogens is 510 g/mol. The zero-order valence-corrected chi connectivity index (χ0v) is 23.6. The summed E-state index contributed by atoms with van der Waals surface area (Å²) in [5.74, 6) is -0.0149. The molecule has 3 aromatic rings. The summed E-state index contributed by atoms with van der Waals surface area (Å²) in [6.07, 6.45) is 1.18. The minimum Gasteiger partial charge on any atom is -0.391 e. The summed E-state index contributed by atoms with van der Waals surface area (Å²) in [4.78, 5) is 31.0. The van der Waals surface area contributed by atoms with Gasteiger partial charge in [0.1, 0.15) is 12.0 Å². The predicted molar refractivity (Wildman–Crippen MR) is 150 cm³/mol. The molecule has 2 fully saturated rings. The second-order valence-electron chi connectivity index (χ2n) is 11.1. The lowest BCUT2D eigenvalue weighted by atomic mass is 9.91. The van der Waals surface area contributed by atoms with E-state index in [0.717, 1.165) is 43.0 Å². The fourth-order valence-corrected chi connectivity index (χ4v) is 5.68. The SMILES string of the molecule is CC(C)[C@@H](C(=O)N1C[C@H](O)C[C@H]1C(=O)N[C@@H](C)c1ccc(-c2ccnn2C)cc1)c1cc(N2CCNCC2)no1. The van der Waals surface area contributed by atoms with Crippen LogP contribution in [0.5, 0.6) is 0 Å². The minimum absolute atomic E-state index is 0.0883. The van der Waals surface area contributed by atoms with Crippen LogP contribution < -0.4 is 15.5 Å². The number of nitrogens with one attached hydrogen (secondary N) is 2. The number of hydrogen-bond acceptors (Lipinski definition) is 8. The number of likely N-dealkylation sites (tertiary alicyclic amines) is 1. The second kappa shape index (κ2) is 11.8. The number of hydrogen-bond donors (Lipinski definition) is 3. The van der Waals surface area contributed by atoms with Gasteiger partial charge in [-0.3, -0.25) is 14.3 Å². The van der Waals surface area contributed by atoms with Gasteiger partial charge in [0, 0.05) is 58.5 Å². The summed E-state index contributed by atoms with van der Waals surface area (Å²) in [6.45, 7) is 9.29. The van der Waals surface area contributed by atoms with Crippen molar-refractivity contribution in [2.75, 3.05) is 37.6 Å². The van der Waals surface area contributed by atoms with Gasteiger partial charge in [0.2, 0.25) is 11.8 Å². The van der Waals surface area contributed by atoms with Crippen LogP contribution in [0.3, 0.4) is 0 Å². The van der Waals surface area contributed by atoms with Gasteiger partial charge in [-0.05, 0) is 30.0 Å². The number of benzene rings is 1. The molecule has 0 aliphatic carbocycles. The van der Waals surface area contributed by atoms with E-state index < -0.39 is 18.1 Å². The van der Waals surface area contributed by atoms with E-state index in [9.17, 15) is 14.7 Å². The largest absolute Gasteiger partial charge is 0.391 e. The molecule has 2 aliphatic heterocycles. The molecule has 1 aromatic carbocycles. The van der Waals surface area contributed by atoms with Crippen LogP contribution in [0.4, 0.5) is 5.82 Å². The number of aliphatic hydroxyl groups is 1. The lowest BCUT2D eigenvalue weighted by molar-refractivity contribution is -0.141. The zero-order valence-electron chi connectivity index (χ0n) is 23.6. The van der Waals surface area contributed by atoms with Crippen molar-refractivity contribution in [1.29, 1.82) is 0 Å². The van der Waals surface area contributed by atoms with Crippen LogP contribution in [-0.4, -0.2) is 81.6 Å². The average molecular weight is 550 g/mol. The number of aliphatic hydroxyl groups excluding tert-OH is 1. The molecule has 0 saturated carbocycles. The predicted octanol–water partition coefficient (Wildman–Crippen LogP) is 2.06. The Balaban J connectivity index is 1.28. The number of nitrogens with zero attached hydrogens (tertiary/aromatic N) is 5. The average Bonchev–Trinajstić information content (AvgIpc) is 3.69. The molecule has 11 heteroatoms. The van der Waals surface area contributed by atoms with Crippen molar-refractivity contribution < 1.29 is 19.2 Å². The molecule has 2 aliphatic rings. The van der Waals surface area contributed by atoms with Gasteiger partial charge in [0.25, 0.3) is 0 Å².